The molecule has 0 bridgehead atoms. The van der Waals surface area contributed by atoms with Crippen molar-refractivity contribution in [1.82, 2.24) is 10.2 Å². The van der Waals surface area contributed by atoms with Gasteiger partial charge in [-0.25, -0.2) is 0 Å². The monoisotopic (exact) mass is 196 g/mol. The number of amides is 1. The molecule has 14 heavy (non-hydrogen) atoms. The molecule has 3 nitrogen and oxygen atoms in total. The molecule has 1 amide bonds. The van der Waals surface area contributed by atoms with Crippen molar-refractivity contribution in [2.75, 3.05) is 26.2 Å². The van der Waals surface area contributed by atoms with Crippen LogP contribution < -0.4 is 5.32 Å². The van der Waals surface area contributed by atoms with E-state index in [2.05, 4.69) is 16.8 Å². The molecule has 1 N–H and O–H groups in total. The van der Waals surface area contributed by atoms with Crippen LogP contribution in [0.25, 0.3) is 0 Å². The summed E-state index contributed by atoms with van der Waals surface area (Å²) >= 11 is 0. The maximum atomic E-state index is 11.5. The van der Waals surface area contributed by atoms with Gasteiger partial charge in [0.05, 0.1) is 0 Å². The van der Waals surface area contributed by atoms with Gasteiger partial charge in [-0.1, -0.05) is 13.5 Å². The quantitative estimate of drug-likeness (QED) is 0.669. The van der Waals surface area contributed by atoms with Crippen LogP contribution in [0.2, 0.25) is 0 Å². The molecule has 1 fully saturated rings. The molecule has 0 atom stereocenters. The summed E-state index contributed by atoms with van der Waals surface area (Å²) < 4.78 is 0. The summed E-state index contributed by atoms with van der Waals surface area (Å²) in [6.45, 7) is 9.56. The standard InChI is InChI=1S/C11H20N2O/c1-3-6-12-11(14)10(2)9-13-7-4-5-8-13/h2-9H2,1H3,(H,12,14). The zero-order chi connectivity index (χ0) is 10.4. The molecule has 1 rings (SSSR count). The molecule has 0 saturated carbocycles. The van der Waals surface area contributed by atoms with Crippen molar-refractivity contribution in [2.24, 2.45) is 0 Å². The van der Waals surface area contributed by atoms with Crippen LogP contribution in [0.1, 0.15) is 26.2 Å². The minimum absolute atomic E-state index is 0.0127. The van der Waals surface area contributed by atoms with Gasteiger partial charge in [0.1, 0.15) is 0 Å². The Kier molecular flexibility index (Phi) is 4.66. The van der Waals surface area contributed by atoms with E-state index in [1.165, 1.54) is 12.8 Å². The SMILES string of the molecule is C=C(CN1CCCC1)C(=O)NCCC. The second-order valence-electron chi connectivity index (χ2n) is 3.84. The van der Waals surface area contributed by atoms with Crippen molar-refractivity contribution in [1.29, 1.82) is 0 Å². The highest BCUT2D eigenvalue weighted by molar-refractivity contribution is 5.93. The number of carbonyl (C=O) groups is 1. The van der Waals surface area contributed by atoms with Gasteiger partial charge in [0.2, 0.25) is 5.91 Å². The third-order valence-corrected chi connectivity index (χ3v) is 2.47. The molecule has 0 aromatic heterocycles. The lowest BCUT2D eigenvalue weighted by Gasteiger charge is -2.15. The van der Waals surface area contributed by atoms with Crippen LogP contribution in [-0.2, 0) is 4.79 Å². The predicted molar refractivity (Wildman–Crippen MR) is 58.1 cm³/mol. The van der Waals surface area contributed by atoms with E-state index >= 15 is 0 Å². The zero-order valence-corrected chi connectivity index (χ0v) is 9.01. The average molecular weight is 196 g/mol. The maximum absolute atomic E-state index is 11.5. The van der Waals surface area contributed by atoms with Crippen LogP contribution in [0.5, 0.6) is 0 Å². The Morgan fingerprint density at radius 1 is 1.43 bits per heavy atom. The van der Waals surface area contributed by atoms with Crippen molar-refractivity contribution in [3.8, 4) is 0 Å². The smallest absolute Gasteiger partial charge is 0.247 e. The van der Waals surface area contributed by atoms with E-state index in [1.54, 1.807) is 0 Å². The fourth-order valence-electron chi connectivity index (χ4n) is 1.65. The molecule has 80 valence electrons. The van der Waals surface area contributed by atoms with Gasteiger partial charge in [-0.3, -0.25) is 9.69 Å². The molecule has 0 radical (unpaired) electrons. The Morgan fingerprint density at radius 3 is 2.64 bits per heavy atom. The Labute approximate surface area is 86.2 Å². The minimum Gasteiger partial charge on any atom is -0.352 e. The Bertz CT molecular complexity index is 207. The van der Waals surface area contributed by atoms with E-state index < -0.39 is 0 Å². The first-order valence-corrected chi connectivity index (χ1v) is 5.42. The summed E-state index contributed by atoms with van der Waals surface area (Å²) in [6, 6.07) is 0. The molecule has 3 heteroatoms. The lowest BCUT2D eigenvalue weighted by molar-refractivity contribution is -0.117. The van der Waals surface area contributed by atoms with E-state index in [9.17, 15) is 4.79 Å². The van der Waals surface area contributed by atoms with Gasteiger partial charge in [0.25, 0.3) is 0 Å². The van der Waals surface area contributed by atoms with Crippen LogP contribution in [0.4, 0.5) is 0 Å². The van der Waals surface area contributed by atoms with Crippen LogP contribution in [0, 0.1) is 0 Å². The highest BCUT2D eigenvalue weighted by atomic mass is 16.1. The largest absolute Gasteiger partial charge is 0.352 e. The molecule has 1 heterocycles. The number of rotatable bonds is 5. The van der Waals surface area contributed by atoms with E-state index in [-0.39, 0.29) is 5.91 Å². The van der Waals surface area contributed by atoms with Crippen LogP contribution >= 0.6 is 0 Å². The molecule has 0 aromatic carbocycles. The van der Waals surface area contributed by atoms with E-state index in [1.807, 2.05) is 6.92 Å². The summed E-state index contributed by atoms with van der Waals surface area (Å²) in [5.41, 5.74) is 0.695. The summed E-state index contributed by atoms with van der Waals surface area (Å²) in [7, 11) is 0. The Morgan fingerprint density at radius 2 is 2.07 bits per heavy atom. The fraction of sp³-hybridized carbons (Fsp3) is 0.727. The highest BCUT2D eigenvalue weighted by Crippen LogP contribution is 2.08. The molecule has 1 aliphatic heterocycles. The van der Waals surface area contributed by atoms with Gasteiger partial charge in [-0.05, 0) is 32.4 Å². The first-order chi connectivity index (χ1) is 6.74. The lowest BCUT2D eigenvalue weighted by atomic mass is 10.2. The summed E-state index contributed by atoms with van der Waals surface area (Å²) in [5, 5.41) is 2.84. The number of nitrogens with one attached hydrogen (secondary N) is 1. The van der Waals surface area contributed by atoms with E-state index in [4.69, 9.17) is 0 Å². The minimum atomic E-state index is 0.0127. The highest BCUT2D eigenvalue weighted by Gasteiger charge is 2.15. The van der Waals surface area contributed by atoms with Crippen LogP contribution in [0.15, 0.2) is 12.2 Å². The lowest BCUT2D eigenvalue weighted by Crippen LogP contribution is -2.31. The van der Waals surface area contributed by atoms with Gasteiger partial charge >= 0.3 is 0 Å². The molecular weight excluding hydrogens is 176 g/mol. The van der Waals surface area contributed by atoms with Crippen LogP contribution in [-0.4, -0.2) is 37.0 Å². The second kappa shape index (κ2) is 5.81. The van der Waals surface area contributed by atoms with Crippen molar-refractivity contribution in [2.45, 2.75) is 26.2 Å². The van der Waals surface area contributed by atoms with Gasteiger partial charge in [-0.2, -0.15) is 0 Å². The van der Waals surface area contributed by atoms with Crippen molar-refractivity contribution in [3.63, 3.8) is 0 Å². The first-order valence-electron chi connectivity index (χ1n) is 5.42. The molecule has 1 aliphatic rings. The first kappa shape index (κ1) is 11.2. The zero-order valence-electron chi connectivity index (χ0n) is 9.01. The normalized spacial score (nSPS) is 16.9. The number of hydrogen-bond donors (Lipinski definition) is 1. The fourth-order valence-corrected chi connectivity index (χ4v) is 1.65. The van der Waals surface area contributed by atoms with E-state index in [0.29, 0.717) is 5.57 Å². The van der Waals surface area contributed by atoms with Crippen LogP contribution in [0.3, 0.4) is 0 Å². The molecule has 1 saturated heterocycles. The molecule has 0 unspecified atom stereocenters. The predicted octanol–water partition coefficient (Wildman–Crippen LogP) is 1.16. The molecule has 0 aromatic rings. The number of nitrogens with zero attached hydrogens (tertiary/aromatic N) is 1. The number of carbonyl (C=O) groups excluding carboxylic acids is 1. The average Bonchev–Trinajstić information content (AvgIpc) is 2.66. The third kappa shape index (κ3) is 3.50. The molecule has 0 aliphatic carbocycles. The van der Waals surface area contributed by atoms with Crippen molar-refractivity contribution in [3.05, 3.63) is 12.2 Å². The van der Waals surface area contributed by atoms with Crippen molar-refractivity contribution < 1.29 is 4.79 Å². The number of likely N-dealkylation sites (tertiary alicyclic amines) is 1. The summed E-state index contributed by atoms with van der Waals surface area (Å²) in [6.07, 6.45) is 3.48. The van der Waals surface area contributed by atoms with Gasteiger partial charge < -0.3 is 5.32 Å². The van der Waals surface area contributed by atoms with Gasteiger partial charge in [0.15, 0.2) is 0 Å². The van der Waals surface area contributed by atoms with Gasteiger partial charge in [-0.15, -0.1) is 0 Å². The number of hydrogen-bond acceptors (Lipinski definition) is 2. The maximum Gasteiger partial charge on any atom is 0.247 e. The van der Waals surface area contributed by atoms with Crippen molar-refractivity contribution >= 4 is 5.91 Å². The molecule has 0 spiro atoms. The topological polar surface area (TPSA) is 32.3 Å². The second-order valence-corrected chi connectivity index (χ2v) is 3.84. The third-order valence-electron chi connectivity index (χ3n) is 2.47. The van der Waals surface area contributed by atoms with Gasteiger partial charge in [0, 0.05) is 18.7 Å². The Balaban J connectivity index is 2.22. The van der Waals surface area contributed by atoms with E-state index in [0.717, 1.165) is 32.6 Å². The Hall–Kier alpha value is -0.830. The summed E-state index contributed by atoms with van der Waals surface area (Å²) in [5.74, 6) is 0.0127. The molecular formula is C11H20N2O. The summed E-state index contributed by atoms with van der Waals surface area (Å²) in [4.78, 5) is 13.7.